The molecule has 0 radical (unpaired) electrons. The van der Waals surface area contributed by atoms with Crippen molar-refractivity contribution in [2.24, 2.45) is 0 Å². The maximum atomic E-state index is 10.7. The lowest BCUT2D eigenvalue weighted by Gasteiger charge is -2.05. The molecule has 0 saturated heterocycles. The van der Waals surface area contributed by atoms with Gasteiger partial charge in [-0.1, -0.05) is 13.3 Å². The Labute approximate surface area is 91.9 Å². The molecule has 0 bridgehead atoms. The van der Waals surface area contributed by atoms with Crippen LogP contribution in [0.5, 0.6) is 0 Å². The summed E-state index contributed by atoms with van der Waals surface area (Å²) in [6.45, 7) is 6.23. The number of hydrogen-bond acceptors (Lipinski definition) is 4. The van der Waals surface area contributed by atoms with Crippen molar-refractivity contribution in [2.75, 3.05) is 26.4 Å². The van der Waals surface area contributed by atoms with E-state index in [1.54, 1.807) is 6.92 Å². The van der Waals surface area contributed by atoms with Gasteiger partial charge in [-0.25, -0.2) is 4.79 Å². The normalized spacial score (nSPS) is 10.0. The highest BCUT2D eigenvalue weighted by atomic mass is 16.7. The number of rotatable bonds is 9. The van der Waals surface area contributed by atoms with E-state index in [9.17, 15) is 4.79 Å². The number of carbonyl (C=O) groups excluding carboxylic acids is 1. The predicted molar refractivity (Wildman–Crippen MR) is 57.9 cm³/mol. The van der Waals surface area contributed by atoms with Crippen LogP contribution in [0.2, 0.25) is 0 Å². The minimum absolute atomic E-state index is 0.360. The third kappa shape index (κ3) is 11.2. The van der Waals surface area contributed by atoms with Gasteiger partial charge in [-0.2, -0.15) is 0 Å². The van der Waals surface area contributed by atoms with E-state index in [0.29, 0.717) is 13.2 Å². The summed E-state index contributed by atoms with van der Waals surface area (Å²) in [6, 6.07) is 0. The van der Waals surface area contributed by atoms with Gasteiger partial charge in [0.25, 0.3) is 0 Å². The zero-order valence-corrected chi connectivity index (χ0v) is 9.79. The van der Waals surface area contributed by atoms with Crippen molar-refractivity contribution < 1.29 is 19.0 Å². The molecule has 4 nitrogen and oxygen atoms in total. The Morgan fingerprint density at radius 3 is 2.27 bits per heavy atom. The first-order valence-corrected chi connectivity index (χ1v) is 5.68. The largest absolute Gasteiger partial charge is 0.508 e. The molecular formula is C11H22O4. The molecular weight excluding hydrogens is 196 g/mol. The second-order valence-electron chi connectivity index (χ2n) is 3.20. The van der Waals surface area contributed by atoms with Crippen LogP contribution in [0.3, 0.4) is 0 Å². The minimum Gasteiger partial charge on any atom is -0.435 e. The predicted octanol–water partition coefficient (Wildman–Crippen LogP) is 2.76. The fourth-order valence-electron chi connectivity index (χ4n) is 0.970. The van der Waals surface area contributed by atoms with Crippen molar-refractivity contribution in [1.82, 2.24) is 0 Å². The first-order valence-electron chi connectivity index (χ1n) is 5.68. The van der Waals surface area contributed by atoms with E-state index in [4.69, 9.17) is 9.47 Å². The fraction of sp³-hybridized carbons (Fsp3) is 0.909. The van der Waals surface area contributed by atoms with Crippen LogP contribution in [0, 0.1) is 0 Å². The quantitative estimate of drug-likeness (QED) is 0.441. The third-order valence-electron chi connectivity index (χ3n) is 1.81. The Morgan fingerprint density at radius 2 is 1.60 bits per heavy atom. The maximum absolute atomic E-state index is 10.7. The van der Waals surface area contributed by atoms with Crippen LogP contribution in [0.15, 0.2) is 0 Å². The molecule has 0 aliphatic carbocycles. The minimum atomic E-state index is -0.579. The molecule has 0 aromatic heterocycles. The van der Waals surface area contributed by atoms with Gasteiger partial charge in [0, 0.05) is 13.2 Å². The summed E-state index contributed by atoms with van der Waals surface area (Å²) in [5.74, 6) is 0. The average Bonchev–Trinajstić information content (AvgIpc) is 2.22. The number of hydrogen-bond donors (Lipinski definition) is 0. The Kier molecular flexibility index (Phi) is 10.7. The number of unbranched alkanes of at least 4 members (excludes halogenated alkanes) is 2. The Hall–Kier alpha value is -0.770. The van der Waals surface area contributed by atoms with Crippen LogP contribution in [0.1, 0.15) is 39.5 Å². The molecule has 0 aromatic rings. The highest BCUT2D eigenvalue weighted by Gasteiger charge is 2.00. The summed E-state index contributed by atoms with van der Waals surface area (Å²) in [4.78, 5) is 10.7. The van der Waals surface area contributed by atoms with Gasteiger partial charge in [0.2, 0.25) is 0 Å². The molecule has 0 spiro atoms. The molecule has 0 atom stereocenters. The summed E-state index contributed by atoms with van der Waals surface area (Å²) in [6.07, 6.45) is 3.43. The molecule has 0 aromatic carbocycles. The fourth-order valence-corrected chi connectivity index (χ4v) is 0.970. The molecule has 0 heterocycles. The highest BCUT2D eigenvalue weighted by molar-refractivity contribution is 5.59. The molecule has 0 fully saturated rings. The van der Waals surface area contributed by atoms with Gasteiger partial charge in [-0.15, -0.1) is 0 Å². The lowest BCUT2D eigenvalue weighted by Crippen LogP contribution is -2.08. The first kappa shape index (κ1) is 14.2. The van der Waals surface area contributed by atoms with Gasteiger partial charge in [0.15, 0.2) is 0 Å². The van der Waals surface area contributed by atoms with E-state index in [-0.39, 0.29) is 0 Å². The summed E-state index contributed by atoms with van der Waals surface area (Å²) in [5.41, 5.74) is 0. The van der Waals surface area contributed by atoms with E-state index in [1.165, 1.54) is 0 Å². The van der Waals surface area contributed by atoms with Crippen LogP contribution in [-0.2, 0) is 14.2 Å². The van der Waals surface area contributed by atoms with E-state index < -0.39 is 6.16 Å². The molecule has 0 saturated carbocycles. The maximum Gasteiger partial charge on any atom is 0.508 e. The topological polar surface area (TPSA) is 44.8 Å². The number of carbonyl (C=O) groups is 1. The van der Waals surface area contributed by atoms with Crippen molar-refractivity contribution in [1.29, 1.82) is 0 Å². The van der Waals surface area contributed by atoms with E-state index in [1.807, 2.05) is 0 Å². The van der Waals surface area contributed by atoms with Crippen molar-refractivity contribution in [3.63, 3.8) is 0 Å². The van der Waals surface area contributed by atoms with Crippen LogP contribution >= 0.6 is 0 Å². The summed E-state index contributed by atoms with van der Waals surface area (Å²) in [7, 11) is 0. The van der Waals surface area contributed by atoms with Gasteiger partial charge in [-0.05, 0) is 26.2 Å². The second kappa shape index (κ2) is 11.3. The summed E-state index contributed by atoms with van der Waals surface area (Å²) >= 11 is 0. The second-order valence-corrected chi connectivity index (χ2v) is 3.20. The lowest BCUT2D eigenvalue weighted by molar-refractivity contribution is 0.0547. The van der Waals surface area contributed by atoms with Gasteiger partial charge in [-0.3, -0.25) is 0 Å². The number of ether oxygens (including phenoxy) is 3. The molecule has 0 amide bonds. The SMILES string of the molecule is CCCCOCCCCOC(=O)OCC. The standard InChI is InChI=1S/C11H22O4/c1-3-5-8-13-9-6-7-10-15-11(12)14-4-2/h3-10H2,1-2H3. The Morgan fingerprint density at radius 1 is 0.933 bits per heavy atom. The van der Waals surface area contributed by atoms with Crippen LogP contribution in [0.25, 0.3) is 0 Å². The van der Waals surface area contributed by atoms with Gasteiger partial charge < -0.3 is 14.2 Å². The first-order chi connectivity index (χ1) is 7.31. The lowest BCUT2D eigenvalue weighted by atomic mass is 10.3. The summed E-state index contributed by atoms with van der Waals surface area (Å²) in [5, 5.41) is 0. The molecule has 0 N–H and O–H groups in total. The zero-order chi connectivity index (χ0) is 11.4. The van der Waals surface area contributed by atoms with E-state index in [0.717, 1.165) is 38.9 Å². The molecule has 15 heavy (non-hydrogen) atoms. The molecule has 0 rings (SSSR count). The van der Waals surface area contributed by atoms with Crippen molar-refractivity contribution >= 4 is 6.16 Å². The van der Waals surface area contributed by atoms with Crippen LogP contribution in [-0.4, -0.2) is 32.6 Å². The van der Waals surface area contributed by atoms with E-state index in [2.05, 4.69) is 11.7 Å². The third-order valence-corrected chi connectivity index (χ3v) is 1.81. The van der Waals surface area contributed by atoms with Crippen LogP contribution in [0.4, 0.5) is 4.79 Å². The molecule has 0 unspecified atom stereocenters. The molecule has 90 valence electrons. The van der Waals surface area contributed by atoms with Crippen molar-refractivity contribution in [2.45, 2.75) is 39.5 Å². The Bertz CT molecular complexity index is 148. The van der Waals surface area contributed by atoms with Gasteiger partial charge in [0.1, 0.15) is 0 Å². The van der Waals surface area contributed by atoms with E-state index >= 15 is 0 Å². The molecule has 0 aliphatic heterocycles. The zero-order valence-electron chi connectivity index (χ0n) is 9.79. The van der Waals surface area contributed by atoms with Crippen molar-refractivity contribution in [3.05, 3.63) is 0 Å². The molecule has 4 heteroatoms. The van der Waals surface area contributed by atoms with Crippen LogP contribution < -0.4 is 0 Å². The monoisotopic (exact) mass is 218 g/mol. The molecule has 0 aliphatic rings. The summed E-state index contributed by atoms with van der Waals surface area (Å²) < 4.78 is 14.8. The average molecular weight is 218 g/mol. The highest BCUT2D eigenvalue weighted by Crippen LogP contribution is 1.95. The van der Waals surface area contributed by atoms with Crippen molar-refractivity contribution in [3.8, 4) is 0 Å². The van der Waals surface area contributed by atoms with Gasteiger partial charge in [0.05, 0.1) is 13.2 Å². The Balaban J connectivity index is 3.01. The van der Waals surface area contributed by atoms with Gasteiger partial charge >= 0.3 is 6.16 Å². The smallest absolute Gasteiger partial charge is 0.435 e.